The van der Waals surface area contributed by atoms with Crippen LogP contribution in [-0.4, -0.2) is 48.4 Å². The van der Waals surface area contributed by atoms with E-state index in [0.29, 0.717) is 0 Å². The fourth-order valence-corrected chi connectivity index (χ4v) is 6.01. The summed E-state index contributed by atoms with van der Waals surface area (Å²) in [5.41, 5.74) is 2.46. The lowest BCUT2D eigenvalue weighted by molar-refractivity contribution is -0.129. The first kappa shape index (κ1) is 24.5. The van der Waals surface area contributed by atoms with Crippen LogP contribution in [0.2, 0.25) is 0 Å². The van der Waals surface area contributed by atoms with Crippen molar-refractivity contribution >= 4 is 17.5 Å². The number of likely N-dealkylation sites (tertiary alicyclic amines) is 1. The number of carbonyl (C=O) groups is 2. The van der Waals surface area contributed by atoms with Crippen LogP contribution in [-0.2, 0) is 15.0 Å². The van der Waals surface area contributed by atoms with Gasteiger partial charge in [-0.1, -0.05) is 54.7 Å². The Morgan fingerprint density at radius 1 is 1.18 bits per heavy atom. The molecule has 5 nitrogen and oxygen atoms in total. The van der Waals surface area contributed by atoms with Crippen molar-refractivity contribution in [3.05, 3.63) is 66.3 Å². The highest BCUT2D eigenvalue weighted by atomic mass is 16.2. The Balaban J connectivity index is 1.50. The highest BCUT2D eigenvalue weighted by Crippen LogP contribution is 2.46. The molecule has 1 aromatic carbocycles. The van der Waals surface area contributed by atoms with E-state index in [1.165, 1.54) is 5.57 Å². The Morgan fingerprint density at radius 2 is 1.91 bits per heavy atom. The minimum absolute atomic E-state index is 0.0638. The van der Waals surface area contributed by atoms with E-state index in [2.05, 4.69) is 48.0 Å². The number of anilines is 1. The smallest absolute Gasteiger partial charge is 0.238 e. The summed E-state index contributed by atoms with van der Waals surface area (Å²) in [5, 5.41) is 2.70. The molecule has 5 heteroatoms. The average molecular weight is 462 g/mol. The van der Waals surface area contributed by atoms with Crippen molar-refractivity contribution in [2.24, 2.45) is 0 Å². The van der Waals surface area contributed by atoms with Gasteiger partial charge in [-0.3, -0.25) is 14.5 Å². The predicted molar refractivity (Wildman–Crippen MR) is 139 cm³/mol. The van der Waals surface area contributed by atoms with Gasteiger partial charge in [0.25, 0.3) is 0 Å². The number of nitrogens with one attached hydrogen (secondary N) is 1. The van der Waals surface area contributed by atoms with Crippen molar-refractivity contribution in [2.75, 3.05) is 25.0 Å². The van der Waals surface area contributed by atoms with Gasteiger partial charge in [0.15, 0.2) is 0 Å². The van der Waals surface area contributed by atoms with Crippen LogP contribution in [0, 0.1) is 0 Å². The zero-order valence-corrected chi connectivity index (χ0v) is 21.0. The summed E-state index contributed by atoms with van der Waals surface area (Å²) in [6.45, 7) is 10.4. The number of hydrogen-bond donors (Lipinski definition) is 1. The van der Waals surface area contributed by atoms with Crippen LogP contribution in [0.25, 0.3) is 0 Å². The van der Waals surface area contributed by atoms with Gasteiger partial charge >= 0.3 is 0 Å². The van der Waals surface area contributed by atoms with Crippen molar-refractivity contribution in [3.8, 4) is 0 Å². The number of benzene rings is 1. The lowest BCUT2D eigenvalue weighted by Gasteiger charge is -2.46. The van der Waals surface area contributed by atoms with Crippen LogP contribution in [0.1, 0.15) is 64.4 Å². The minimum atomic E-state index is -0.809. The highest BCUT2D eigenvalue weighted by molar-refractivity contribution is 6.10. The Kier molecular flexibility index (Phi) is 7.13. The van der Waals surface area contributed by atoms with Gasteiger partial charge in [-0.15, -0.1) is 0 Å². The molecule has 1 saturated heterocycles. The quantitative estimate of drug-likeness (QED) is 0.694. The number of para-hydroxylation sites is 1. The van der Waals surface area contributed by atoms with E-state index in [4.69, 9.17) is 0 Å². The van der Waals surface area contributed by atoms with Gasteiger partial charge in [0, 0.05) is 43.8 Å². The largest absolute Gasteiger partial charge is 0.359 e. The molecule has 0 spiro atoms. The van der Waals surface area contributed by atoms with Crippen LogP contribution >= 0.6 is 0 Å². The lowest BCUT2D eigenvalue weighted by Crippen LogP contribution is -2.55. The van der Waals surface area contributed by atoms with Crippen molar-refractivity contribution in [1.29, 1.82) is 0 Å². The standard InChI is InChI=1S/C29H39N3O2/c1-22-11-6-5-9-17-28(2,18-10-12-22)31-19-15-23(16-20-31)32-25-14-8-7-13-24(25)29(3,27(32)34)21-26(33)30-4/h5-9,11,13-14,23H,1,10,12,15-21H2,2-4H3,(H,30,33)/b9-5-,11-6-/t28-,29+/m1/s1. The van der Waals surface area contributed by atoms with Crippen LogP contribution < -0.4 is 10.2 Å². The van der Waals surface area contributed by atoms with E-state index >= 15 is 0 Å². The molecule has 2 aliphatic heterocycles. The van der Waals surface area contributed by atoms with Gasteiger partial charge in [-0.05, 0) is 64.0 Å². The number of fused-ring (bicyclic) bond motifs is 1. The SMILES string of the molecule is C=C1/C=C\C=C/C[C@@](C)(N2CCC(N3C(=O)[C@@](C)(CC(=O)NC)c4ccccc43)CC2)CCC1. The topological polar surface area (TPSA) is 52.7 Å². The Bertz CT molecular complexity index is 1000. The molecule has 2 amide bonds. The van der Waals surface area contributed by atoms with Crippen LogP contribution in [0.15, 0.2) is 60.7 Å². The Morgan fingerprint density at radius 3 is 2.65 bits per heavy atom. The second-order valence-electron chi connectivity index (χ2n) is 10.6. The van der Waals surface area contributed by atoms with Crippen molar-refractivity contribution in [3.63, 3.8) is 0 Å². The molecule has 1 aromatic rings. The van der Waals surface area contributed by atoms with Gasteiger partial charge < -0.3 is 10.2 Å². The monoisotopic (exact) mass is 461 g/mol. The molecule has 182 valence electrons. The molecule has 2 heterocycles. The molecule has 0 saturated carbocycles. The molecule has 0 radical (unpaired) electrons. The Labute approximate surface area is 204 Å². The van der Waals surface area contributed by atoms with Crippen LogP contribution in [0.5, 0.6) is 0 Å². The maximum atomic E-state index is 13.8. The maximum Gasteiger partial charge on any atom is 0.238 e. The molecule has 1 N–H and O–H groups in total. The van der Waals surface area contributed by atoms with E-state index in [1.807, 2.05) is 36.1 Å². The van der Waals surface area contributed by atoms with E-state index in [-0.39, 0.29) is 29.8 Å². The molecule has 0 unspecified atom stereocenters. The van der Waals surface area contributed by atoms with Gasteiger partial charge in [-0.25, -0.2) is 0 Å². The summed E-state index contributed by atoms with van der Waals surface area (Å²) < 4.78 is 0. The molecule has 0 aromatic heterocycles. The number of nitrogens with zero attached hydrogens (tertiary/aromatic N) is 2. The number of carbonyl (C=O) groups excluding carboxylic acids is 2. The van der Waals surface area contributed by atoms with E-state index < -0.39 is 5.41 Å². The third-order valence-electron chi connectivity index (χ3n) is 8.18. The number of rotatable bonds is 4. The van der Waals surface area contributed by atoms with E-state index in [0.717, 1.165) is 62.9 Å². The first-order valence-electron chi connectivity index (χ1n) is 12.7. The predicted octanol–water partition coefficient (Wildman–Crippen LogP) is 4.89. The third kappa shape index (κ3) is 4.63. The summed E-state index contributed by atoms with van der Waals surface area (Å²) >= 11 is 0. The van der Waals surface area contributed by atoms with Crippen molar-refractivity contribution in [1.82, 2.24) is 10.2 Å². The maximum absolute atomic E-state index is 13.8. The number of allylic oxidation sites excluding steroid dienone is 4. The molecular weight excluding hydrogens is 422 g/mol. The summed E-state index contributed by atoms with van der Waals surface area (Å²) in [5.74, 6) is -0.0364. The fourth-order valence-electron chi connectivity index (χ4n) is 6.01. The number of hydrogen-bond acceptors (Lipinski definition) is 3. The zero-order valence-electron chi connectivity index (χ0n) is 21.0. The second-order valence-corrected chi connectivity index (χ2v) is 10.6. The first-order chi connectivity index (χ1) is 16.3. The van der Waals surface area contributed by atoms with Gasteiger partial charge in [0.2, 0.25) is 11.8 Å². The number of piperidine rings is 1. The van der Waals surface area contributed by atoms with Crippen LogP contribution in [0.4, 0.5) is 5.69 Å². The minimum Gasteiger partial charge on any atom is -0.359 e. The molecule has 34 heavy (non-hydrogen) atoms. The van der Waals surface area contributed by atoms with Gasteiger partial charge in [0.05, 0.1) is 5.41 Å². The molecule has 0 bridgehead atoms. The summed E-state index contributed by atoms with van der Waals surface area (Å²) in [6.07, 6.45) is 15.1. The first-order valence-corrected chi connectivity index (χ1v) is 12.7. The highest BCUT2D eigenvalue weighted by Gasteiger charge is 2.50. The average Bonchev–Trinajstić information content (AvgIpc) is 3.05. The van der Waals surface area contributed by atoms with E-state index in [9.17, 15) is 9.59 Å². The van der Waals surface area contributed by atoms with Gasteiger partial charge in [0.1, 0.15) is 0 Å². The summed E-state index contributed by atoms with van der Waals surface area (Å²) in [6, 6.07) is 8.19. The molecular formula is C29H39N3O2. The van der Waals surface area contributed by atoms with Gasteiger partial charge in [-0.2, -0.15) is 0 Å². The Hall–Kier alpha value is -2.66. The molecule has 1 aliphatic carbocycles. The zero-order chi connectivity index (χ0) is 24.3. The van der Waals surface area contributed by atoms with Crippen molar-refractivity contribution in [2.45, 2.75) is 75.8 Å². The van der Waals surface area contributed by atoms with Crippen molar-refractivity contribution < 1.29 is 9.59 Å². The van der Waals surface area contributed by atoms with Crippen LogP contribution in [0.3, 0.4) is 0 Å². The molecule has 2 atom stereocenters. The lowest BCUT2D eigenvalue weighted by atomic mass is 9.80. The third-order valence-corrected chi connectivity index (χ3v) is 8.18. The summed E-state index contributed by atoms with van der Waals surface area (Å²) in [4.78, 5) is 30.7. The second kappa shape index (κ2) is 9.91. The molecule has 4 rings (SSSR count). The normalized spacial score (nSPS) is 30.6. The molecule has 3 aliphatic rings. The summed E-state index contributed by atoms with van der Waals surface area (Å²) in [7, 11) is 1.63. The molecule has 1 fully saturated rings. The number of amides is 2. The van der Waals surface area contributed by atoms with E-state index in [1.54, 1.807) is 7.05 Å². The fraction of sp³-hybridized carbons (Fsp3) is 0.517.